The molecule has 17 heavy (non-hydrogen) atoms. The Morgan fingerprint density at radius 1 is 1.47 bits per heavy atom. The molecule has 0 saturated heterocycles. The predicted octanol–water partition coefficient (Wildman–Crippen LogP) is 4.88. The summed E-state index contributed by atoms with van der Waals surface area (Å²) >= 11 is 7.77. The molecule has 1 nitrogen and oxygen atoms in total. The van der Waals surface area contributed by atoms with Crippen molar-refractivity contribution >= 4 is 22.9 Å². The Morgan fingerprint density at radius 2 is 2.29 bits per heavy atom. The highest BCUT2D eigenvalue weighted by molar-refractivity contribution is 7.16. The number of nitrogens with one attached hydrogen (secondary N) is 1. The summed E-state index contributed by atoms with van der Waals surface area (Å²) in [6.45, 7) is 2.32. The average molecular weight is 272 g/mol. The fraction of sp³-hybridized carbons (Fsp3) is 0.714. The van der Waals surface area contributed by atoms with E-state index in [2.05, 4.69) is 25.4 Å². The van der Waals surface area contributed by atoms with Crippen molar-refractivity contribution in [1.82, 2.24) is 5.32 Å². The van der Waals surface area contributed by atoms with Crippen molar-refractivity contribution in [3.05, 3.63) is 21.3 Å². The minimum atomic E-state index is 0.502. The maximum atomic E-state index is 6.05. The largest absolute Gasteiger partial charge is 0.312 e. The normalized spacial score (nSPS) is 27.0. The molecule has 96 valence electrons. The van der Waals surface area contributed by atoms with Crippen molar-refractivity contribution in [1.29, 1.82) is 0 Å². The van der Waals surface area contributed by atoms with Gasteiger partial charge in [-0.3, -0.25) is 0 Å². The average Bonchev–Trinajstić information content (AvgIpc) is 2.77. The molecule has 1 aliphatic carbocycles. The predicted molar refractivity (Wildman–Crippen MR) is 76.9 cm³/mol. The molecule has 1 aromatic heterocycles. The molecule has 3 atom stereocenters. The van der Waals surface area contributed by atoms with Crippen LogP contribution in [0.4, 0.5) is 0 Å². The van der Waals surface area contributed by atoms with Crippen LogP contribution >= 0.6 is 22.9 Å². The first kappa shape index (κ1) is 13.4. The van der Waals surface area contributed by atoms with E-state index in [1.165, 1.54) is 37.0 Å². The summed E-state index contributed by atoms with van der Waals surface area (Å²) in [5.74, 6) is 1.72. The first-order valence-corrected chi connectivity index (χ1v) is 7.86. The number of thiophene rings is 1. The van der Waals surface area contributed by atoms with Crippen molar-refractivity contribution < 1.29 is 0 Å². The molecule has 0 amide bonds. The van der Waals surface area contributed by atoms with Gasteiger partial charge in [0, 0.05) is 10.9 Å². The van der Waals surface area contributed by atoms with Gasteiger partial charge < -0.3 is 5.32 Å². The number of halogens is 1. The number of hydrogen-bond acceptors (Lipinski definition) is 2. The summed E-state index contributed by atoms with van der Waals surface area (Å²) < 4.78 is 0.906. The quantitative estimate of drug-likeness (QED) is 0.823. The minimum absolute atomic E-state index is 0.502. The third-order valence-corrected chi connectivity index (χ3v) is 5.40. The standard InChI is InChI=1S/C14H22ClNS/c1-3-10-5-4-6-11(9-10)14(16-2)12-7-8-13(15)17-12/h7-8,10-11,14,16H,3-6,9H2,1-2H3. The van der Waals surface area contributed by atoms with E-state index in [4.69, 9.17) is 11.6 Å². The van der Waals surface area contributed by atoms with Gasteiger partial charge in [-0.15, -0.1) is 11.3 Å². The van der Waals surface area contributed by atoms with Crippen LogP contribution in [0.3, 0.4) is 0 Å². The Labute approximate surface area is 114 Å². The SMILES string of the molecule is CCC1CCCC(C(NC)c2ccc(Cl)s2)C1. The maximum absolute atomic E-state index is 6.05. The van der Waals surface area contributed by atoms with Gasteiger partial charge in [0.1, 0.15) is 0 Å². The van der Waals surface area contributed by atoms with E-state index >= 15 is 0 Å². The lowest BCUT2D eigenvalue weighted by Gasteiger charge is -2.33. The van der Waals surface area contributed by atoms with Gasteiger partial charge in [0.15, 0.2) is 0 Å². The van der Waals surface area contributed by atoms with Gasteiger partial charge in [-0.05, 0) is 43.9 Å². The van der Waals surface area contributed by atoms with E-state index in [0.29, 0.717) is 6.04 Å². The van der Waals surface area contributed by atoms with Gasteiger partial charge in [-0.2, -0.15) is 0 Å². The Morgan fingerprint density at radius 3 is 2.88 bits per heavy atom. The van der Waals surface area contributed by atoms with Crippen molar-refractivity contribution in [3.63, 3.8) is 0 Å². The van der Waals surface area contributed by atoms with Crippen LogP contribution < -0.4 is 5.32 Å². The van der Waals surface area contributed by atoms with Gasteiger partial charge in [0.05, 0.1) is 4.34 Å². The molecular weight excluding hydrogens is 250 g/mol. The molecule has 0 aromatic carbocycles. The second-order valence-electron chi connectivity index (χ2n) is 5.11. The minimum Gasteiger partial charge on any atom is -0.312 e. The van der Waals surface area contributed by atoms with Gasteiger partial charge in [-0.1, -0.05) is 37.8 Å². The monoisotopic (exact) mass is 271 g/mol. The number of hydrogen-bond donors (Lipinski definition) is 1. The molecule has 1 fully saturated rings. The van der Waals surface area contributed by atoms with Crippen LogP contribution in [0.1, 0.15) is 49.9 Å². The third kappa shape index (κ3) is 3.24. The van der Waals surface area contributed by atoms with E-state index in [9.17, 15) is 0 Å². The summed E-state index contributed by atoms with van der Waals surface area (Å²) in [7, 11) is 2.08. The molecule has 1 saturated carbocycles. The lowest BCUT2D eigenvalue weighted by molar-refractivity contribution is 0.216. The second kappa shape index (κ2) is 6.21. The molecule has 3 unspecified atom stereocenters. The first-order chi connectivity index (χ1) is 8.24. The molecule has 0 aliphatic heterocycles. The molecule has 3 heteroatoms. The van der Waals surface area contributed by atoms with Crippen LogP contribution in [0.5, 0.6) is 0 Å². The van der Waals surface area contributed by atoms with Crippen molar-refractivity contribution in [3.8, 4) is 0 Å². The molecule has 0 bridgehead atoms. The van der Waals surface area contributed by atoms with E-state index < -0.39 is 0 Å². The van der Waals surface area contributed by atoms with Gasteiger partial charge >= 0.3 is 0 Å². The lowest BCUT2D eigenvalue weighted by atomic mass is 9.76. The highest BCUT2D eigenvalue weighted by Crippen LogP contribution is 2.40. The molecule has 1 aromatic rings. The Kier molecular flexibility index (Phi) is 4.89. The molecule has 2 rings (SSSR count). The smallest absolute Gasteiger partial charge is 0.0931 e. The van der Waals surface area contributed by atoms with Gasteiger partial charge in [-0.25, -0.2) is 0 Å². The maximum Gasteiger partial charge on any atom is 0.0931 e. The van der Waals surface area contributed by atoms with Crippen molar-refractivity contribution in [2.24, 2.45) is 11.8 Å². The van der Waals surface area contributed by atoms with E-state index in [1.54, 1.807) is 11.3 Å². The zero-order chi connectivity index (χ0) is 12.3. The molecule has 1 heterocycles. The second-order valence-corrected chi connectivity index (χ2v) is 6.86. The summed E-state index contributed by atoms with van der Waals surface area (Å²) in [6.07, 6.45) is 6.88. The van der Waals surface area contributed by atoms with Crippen molar-refractivity contribution in [2.75, 3.05) is 7.05 Å². The molecule has 0 spiro atoms. The summed E-state index contributed by atoms with van der Waals surface area (Å²) in [6, 6.07) is 4.71. The van der Waals surface area contributed by atoms with Crippen molar-refractivity contribution in [2.45, 2.75) is 45.1 Å². The number of rotatable bonds is 4. The van der Waals surface area contributed by atoms with Crippen LogP contribution in [0.15, 0.2) is 12.1 Å². The van der Waals surface area contributed by atoms with E-state index in [-0.39, 0.29) is 0 Å². The van der Waals surface area contributed by atoms with E-state index in [0.717, 1.165) is 16.2 Å². The van der Waals surface area contributed by atoms with Crippen LogP contribution in [0.25, 0.3) is 0 Å². The van der Waals surface area contributed by atoms with Gasteiger partial charge in [0.2, 0.25) is 0 Å². The Balaban J connectivity index is 2.07. The molecule has 1 N–H and O–H groups in total. The third-order valence-electron chi connectivity index (χ3n) is 4.08. The van der Waals surface area contributed by atoms with Crippen LogP contribution in [-0.4, -0.2) is 7.05 Å². The van der Waals surface area contributed by atoms with Gasteiger partial charge in [0.25, 0.3) is 0 Å². The zero-order valence-corrected chi connectivity index (χ0v) is 12.3. The van der Waals surface area contributed by atoms with Crippen LogP contribution in [0.2, 0.25) is 4.34 Å². The van der Waals surface area contributed by atoms with Crippen LogP contribution in [-0.2, 0) is 0 Å². The summed E-state index contributed by atoms with van der Waals surface area (Å²) in [5.41, 5.74) is 0. The van der Waals surface area contributed by atoms with E-state index in [1.807, 2.05) is 6.07 Å². The first-order valence-electron chi connectivity index (χ1n) is 6.67. The fourth-order valence-electron chi connectivity index (χ4n) is 3.11. The topological polar surface area (TPSA) is 12.0 Å². The summed E-state index contributed by atoms with van der Waals surface area (Å²) in [5, 5.41) is 3.50. The molecule has 1 aliphatic rings. The zero-order valence-electron chi connectivity index (χ0n) is 10.7. The molecule has 0 radical (unpaired) electrons. The summed E-state index contributed by atoms with van der Waals surface area (Å²) in [4.78, 5) is 1.40. The lowest BCUT2D eigenvalue weighted by Crippen LogP contribution is -2.28. The fourth-order valence-corrected chi connectivity index (χ4v) is 4.38. The van der Waals surface area contributed by atoms with Crippen LogP contribution in [0, 0.1) is 11.8 Å². The highest BCUT2D eigenvalue weighted by atomic mass is 35.5. The highest BCUT2D eigenvalue weighted by Gasteiger charge is 2.28. The Bertz CT molecular complexity index is 350. The Hall–Kier alpha value is -0.0500. The molecular formula is C14H22ClNS.